The number of amides is 1. The van der Waals surface area contributed by atoms with E-state index in [1.165, 1.54) is 0 Å². The number of nitrogens with one attached hydrogen (secondary N) is 1. The number of hydrogen-bond donors (Lipinski definition) is 1. The van der Waals surface area contributed by atoms with Gasteiger partial charge >= 0.3 is 0 Å². The van der Waals surface area contributed by atoms with Gasteiger partial charge in [0.25, 0.3) is 0 Å². The van der Waals surface area contributed by atoms with E-state index in [1.807, 2.05) is 17.8 Å². The minimum atomic E-state index is -0.757. The molecule has 1 aliphatic heterocycles. The second-order valence-electron chi connectivity index (χ2n) is 5.50. The summed E-state index contributed by atoms with van der Waals surface area (Å²) in [7, 11) is 3.58. The minimum Gasteiger partial charge on any atom is -0.357 e. The molecule has 7 nitrogen and oxygen atoms in total. The fourth-order valence-corrected chi connectivity index (χ4v) is 3.22. The van der Waals surface area contributed by atoms with Gasteiger partial charge in [0.05, 0.1) is 17.6 Å². The van der Waals surface area contributed by atoms with Crippen molar-refractivity contribution >= 4 is 5.91 Å². The SMILES string of the molecule is CNC(=O)C1(c2cnccn2)CCCN1Cc1ccnn1C. The molecule has 0 aromatic carbocycles. The summed E-state index contributed by atoms with van der Waals surface area (Å²) in [5.74, 6) is -0.0346. The van der Waals surface area contributed by atoms with Gasteiger partial charge in [-0.15, -0.1) is 0 Å². The van der Waals surface area contributed by atoms with Gasteiger partial charge in [-0.3, -0.25) is 24.3 Å². The van der Waals surface area contributed by atoms with Gasteiger partial charge in [-0.1, -0.05) is 0 Å². The van der Waals surface area contributed by atoms with E-state index in [1.54, 1.807) is 31.8 Å². The third-order valence-electron chi connectivity index (χ3n) is 4.37. The molecule has 3 heterocycles. The molecule has 1 amide bonds. The van der Waals surface area contributed by atoms with Crippen molar-refractivity contribution in [3.8, 4) is 0 Å². The summed E-state index contributed by atoms with van der Waals surface area (Å²) >= 11 is 0. The normalized spacial score (nSPS) is 21.9. The summed E-state index contributed by atoms with van der Waals surface area (Å²) in [6.45, 7) is 1.50. The average molecular weight is 300 g/mol. The fraction of sp³-hybridized carbons (Fsp3) is 0.467. The molecule has 116 valence electrons. The molecule has 1 fully saturated rings. The summed E-state index contributed by atoms with van der Waals surface area (Å²) in [4.78, 5) is 23.5. The summed E-state index contributed by atoms with van der Waals surface area (Å²) in [5, 5.41) is 7.01. The van der Waals surface area contributed by atoms with Crippen LogP contribution >= 0.6 is 0 Å². The fourth-order valence-electron chi connectivity index (χ4n) is 3.22. The lowest BCUT2D eigenvalue weighted by atomic mass is 9.90. The first kappa shape index (κ1) is 14.6. The molecule has 1 unspecified atom stereocenters. The van der Waals surface area contributed by atoms with Crippen LogP contribution in [0.3, 0.4) is 0 Å². The molecule has 1 atom stereocenters. The Labute approximate surface area is 129 Å². The van der Waals surface area contributed by atoms with Crippen LogP contribution in [-0.2, 0) is 23.9 Å². The van der Waals surface area contributed by atoms with Crippen LogP contribution in [0.2, 0.25) is 0 Å². The largest absolute Gasteiger partial charge is 0.357 e. The van der Waals surface area contributed by atoms with E-state index in [0.717, 1.165) is 25.1 Å². The third-order valence-corrected chi connectivity index (χ3v) is 4.37. The number of hydrogen-bond acceptors (Lipinski definition) is 5. The van der Waals surface area contributed by atoms with Gasteiger partial charge in [-0.05, 0) is 18.9 Å². The van der Waals surface area contributed by atoms with Crippen LogP contribution in [0.4, 0.5) is 0 Å². The lowest BCUT2D eigenvalue weighted by molar-refractivity contribution is -0.132. The highest BCUT2D eigenvalue weighted by Gasteiger charge is 2.49. The predicted molar refractivity (Wildman–Crippen MR) is 80.6 cm³/mol. The maximum atomic E-state index is 12.7. The van der Waals surface area contributed by atoms with Crippen LogP contribution in [0.25, 0.3) is 0 Å². The monoisotopic (exact) mass is 300 g/mol. The first-order valence-electron chi connectivity index (χ1n) is 7.39. The van der Waals surface area contributed by atoms with Gasteiger partial charge in [0.15, 0.2) is 0 Å². The minimum absolute atomic E-state index is 0.0346. The number of nitrogens with zero attached hydrogens (tertiary/aromatic N) is 5. The summed E-state index contributed by atoms with van der Waals surface area (Å²) in [5.41, 5.74) is 1.01. The molecule has 0 spiro atoms. The number of likely N-dealkylation sites (N-methyl/N-ethyl adjacent to an activating group) is 1. The van der Waals surface area contributed by atoms with Crippen molar-refractivity contribution in [1.29, 1.82) is 0 Å². The van der Waals surface area contributed by atoms with Crippen LogP contribution in [0.15, 0.2) is 30.9 Å². The second-order valence-corrected chi connectivity index (χ2v) is 5.50. The third kappa shape index (κ3) is 2.27. The van der Waals surface area contributed by atoms with Gasteiger partial charge < -0.3 is 5.32 Å². The Balaban J connectivity index is 2.01. The summed E-state index contributed by atoms with van der Waals surface area (Å²) in [6, 6.07) is 1.98. The molecule has 2 aromatic rings. The highest BCUT2D eigenvalue weighted by atomic mass is 16.2. The molecule has 3 rings (SSSR count). The summed E-state index contributed by atoms with van der Waals surface area (Å²) < 4.78 is 1.84. The number of rotatable bonds is 4. The zero-order valence-electron chi connectivity index (χ0n) is 12.9. The molecule has 22 heavy (non-hydrogen) atoms. The van der Waals surface area contributed by atoms with Crippen molar-refractivity contribution in [2.45, 2.75) is 24.9 Å². The molecule has 1 N–H and O–H groups in total. The molecule has 0 saturated carbocycles. The van der Waals surface area contributed by atoms with Gasteiger partial charge in [0.2, 0.25) is 5.91 Å². The van der Waals surface area contributed by atoms with Gasteiger partial charge in [0, 0.05) is 45.8 Å². The Hall–Kier alpha value is -2.28. The zero-order valence-corrected chi connectivity index (χ0v) is 12.9. The van der Waals surface area contributed by atoms with Crippen LogP contribution < -0.4 is 5.32 Å². The van der Waals surface area contributed by atoms with Crippen molar-refractivity contribution in [2.24, 2.45) is 7.05 Å². The van der Waals surface area contributed by atoms with Crippen LogP contribution in [0.5, 0.6) is 0 Å². The smallest absolute Gasteiger partial charge is 0.246 e. The van der Waals surface area contributed by atoms with Crippen LogP contribution in [-0.4, -0.2) is 44.1 Å². The van der Waals surface area contributed by atoms with Crippen molar-refractivity contribution in [3.05, 3.63) is 42.2 Å². The molecule has 1 aliphatic rings. The van der Waals surface area contributed by atoms with E-state index in [0.29, 0.717) is 12.2 Å². The van der Waals surface area contributed by atoms with Crippen molar-refractivity contribution < 1.29 is 4.79 Å². The maximum absolute atomic E-state index is 12.7. The molecule has 1 saturated heterocycles. The topological polar surface area (TPSA) is 75.9 Å². The Bertz CT molecular complexity index is 655. The average Bonchev–Trinajstić information content (AvgIpc) is 3.15. The highest BCUT2D eigenvalue weighted by molar-refractivity contribution is 5.87. The molecular weight excluding hydrogens is 280 g/mol. The Kier molecular flexibility index (Phi) is 3.89. The number of aryl methyl sites for hydroxylation is 1. The molecule has 2 aromatic heterocycles. The lowest BCUT2D eigenvalue weighted by Gasteiger charge is -2.36. The molecule has 0 radical (unpaired) electrons. The van der Waals surface area contributed by atoms with E-state index >= 15 is 0 Å². The van der Waals surface area contributed by atoms with Gasteiger partial charge in [0.1, 0.15) is 5.54 Å². The van der Waals surface area contributed by atoms with E-state index < -0.39 is 5.54 Å². The molecule has 0 aliphatic carbocycles. The highest BCUT2D eigenvalue weighted by Crippen LogP contribution is 2.38. The van der Waals surface area contributed by atoms with Gasteiger partial charge in [-0.25, -0.2) is 0 Å². The van der Waals surface area contributed by atoms with Gasteiger partial charge in [-0.2, -0.15) is 5.10 Å². The first-order valence-corrected chi connectivity index (χ1v) is 7.39. The second kappa shape index (κ2) is 5.84. The molecule has 7 heteroatoms. The summed E-state index contributed by atoms with van der Waals surface area (Å²) in [6.07, 6.45) is 8.42. The van der Waals surface area contributed by atoms with E-state index in [-0.39, 0.29) is 5.91 Å². The Morgan fingerprint density at radius 3 is 2.91 bits per heavy atom. The Morgan fingerprint density at radius 2 is 2.27 bits per heavy atom. The first-order chi connectivity index (χ1) is 10.7. The van der Waals surface area contributed by atoms with E-state index in [4.69, 9.17) is 0 Å². The maximum Gasteiger partial charge on any atom is 0.246 e. The Morgan fingerprint density at radius 1 is 1.41 bits per heavy atom. The number of likely N-dealkylation sites (tertiary alicyclic amines) is 1. The molecular formula is C15H20N6O. The van der Waals surface area contributed by atoms with Crippen molar-refractivity contribution in [2.75, 3.05) is 13.6 Å². The zero-order chi connectivity index (χ0) is 15.6. The predicted octanol–water partition coefficient (Wildman–Crippen LogP) is 0.447. The van der Waals surface area contributed by atoms with Crippen molar-refractivity contribution in [3.63, 3.8) is 0 Å². The number of carbonyl (C=O) groups is 1. The number of aromatic nitrogens is 4. The lowest BCUT2D eigenvalue weighted by Crippen LogP contribution is -2.52. The van der Waals surface area contributed by atoms with Crippen LogP contribution in [0, 0.1) is 0 Å². The quantitative estimate of drug-likeness (QED) is 0.887. The number of carbonyl (C=O) groups excluding carboxylic acids is 1. The van der Waals surface area contributed by atoms with E-state index in [2.05, 4.69) is 25.3 Å². The molecule has 0 bridgehead atoms. The van der Waals surface area contributed by atoms with E-state index in [9.17, 15) is 4.79 Å². The van der Waals surface area contributed by atoms with Crippen LogP contribution in [0.1, 0.15) is 24.2 Å². The standard InChI is InChI=1S/C15H20N6O/c1-16-14(22)15(13-10-17-7-8-18-13)5-3-9-21(15)11-12-4-6-19-20(12)2/h4,6-8,10H,3,5,9,11H2,1-2H3,(H,16,22). The van der Waals surface area contributed by atoms with Crippen molar-refractivity contribution in [1.82, 2.24) is 30.0 Å².